The van der Waals surface area contributed by atoms with Gasteiger partial charge in [0, 0.05) is 12.0 Å². The van der Waals surface area contributed by atoms with E-state index in [1.165, 1.54) is 0 Å². The molecular formula is C14H15F3O2. The Balaban J connectivity index is 2.61. The van der Waals surface area contributed by atoms with Crippen molar-refractivity contribution < 1.29 is 23.0 Å². The van der Waals surface area contributed by atoms with Crippen LogP contribution in [0, 0.1) is 11.8 Å². The Labute approximate surface area is 110 Å². The SMILES string of the molecule is CC(OCc1cccc(C#CCCO)c1)C(F)(F)F. The molecule has 0 radical (unpaired) electrons. The molecule has 5 heteroatoms. The molecule has 0 bridgehead atoms. The standard InChI is InChI=1S/C14H15F3O2/c1-11(14(15,16)17)19-10-13-7-4-6-12(9-13)5-2-3-8-18/h4,6-7,9,11,18H,3,8,10H2,1H3. The summed E-state index contributed by atoms with van der Waals surface area (Å²) < 4.78 is 41.6. The molecule has 1 N–H and O–H groups in total. The molecule has 0 spiro atoms. The molecule has 0 saturated carbocycles. The number of benzene rings is 1. The van der Waals surface area contributed by atoms with Gasteiger partial charge >= 0.3 is 6.18 Å². The highest BCUT2D eigenvalue weighted by molar-refractivity contribution is 5.36. The van der Waals surface area contributed by atoms with Crippen molar-refractivity contribution >= 4 is 0 Å². The lowest BCUT2D eigenvalue weighted by atomic mass is 10.1. The zero-order valence-corrected chi connectivity index (χ0v) is 10.5. The second kappa shape index (κ2) is 7.17. The monoisotopic (exact) mass is 272 g/mol. The smallest absolute Gasteiger partial charge is 0.395 e. The van der Waals surface area contributed by atoms with Gasteiger partial charge in [0.15, 0.2) is 6.10 Å². The van der Waals surface area contributed by atoms with Gasteiger partial charge in [0.2, 0.25) is 0 Å². The first-order valence-electron chi connectivity index (χ1n) is 5.80. The minimum Gasteiger partial charge on any atom is -0.395 e. The fourth-order valence-electron chi connectivity index (χ4n) is 1.28. The van der Waals surface area contributed by atoms with E-state index in [0.29, 0.717) is 17.5 Å². The largest absolute Gasteiger partial charge is 0.414 e. The second-order valence-electron chi connectivity index (χ2n) is 3.97. The van der Waals surface area contributed by atoms with Gasteiger partial charge in [-0.25, -0.2) is 0 Å². The first kappa shape index (κ1) is 15.5. The quantitative estimate of drug-likeness (QED) is 0.854. The molecule has 0 aliphatic rings. The molecule has 1 unspecified atom stereocenters. The maximum atomic E-state index is 12.3. The molecular weight excluding hydrogens is 257 g/mol. The summed E-state index contributed by atoms with van der Waals surface area (Å²) in [6, 6.07) is 6.81. The third-order valence-corrected chi connectivity index (χ3v) is 2.36. The Morgan fingerprint density at radius 1 is 1.37 bits per heavy atom. The van der Waals surface area contributed by atoms with E-state index in [2.05, 4.69) is 11.8 Å². The Hall–Kier alpha value is -1.51. The fourth-order valence-corrected chi connectivity index (χ4v) is 1.28. The molecule has 1 aromatic rings. The highest BCUT2D eigenvalue weighted by atomic mass is 19.4. The third-order valence-electron chi connectivity index (χ3n) is 2.36. The number of aliphatic hydroxyl groups excluding tert-OH is 1. The lowest BCUT2D eigenvalue weighted by Crippen LogP contribution is -2.28. The van der Waals surface area contributed by atoms with Gasteiger partial charge in [-0.05, 0) is 24.6 Å². The van der Waals surface area contributed by atoms with Crippen molar-refractivity contribution in [3.05, 3.63) is 35.4 Å². The zero-order chi connectivity index (χ0) is 14.3. The van der Waals surface area contributed by atoms with Crippen LogP contribution in [0.3, 0.4) is 0 Å². The Bertz CT molecular complexity index is 458. The Kier molecular flexibility index (Phi) is 5.87. The van der Waals surface area contributed by atoms with Gasteiger partial charge < -0.3 is 9.84 Å². The Morgan fingerprint density at radius 3 is 2.74 bits per heavy atom. The highest BCUT2D eigenvalue weighted by Gasteiger charge is 2.36. The summed E-state index contributed by atoms with van der Waals surface area (Å²) in [6.45, 7) is 0.847. The number of alkyl halides is 3. The number of rotatable bonds is 4. The molecule has 0 aromatic heterocycles. The van der Waals surface area contributed by atoms with E-state index in [4.69, 9.17) is 9.84 Å². The number of hydrogen-bond acceptors (Lipinski definition) is 2. The Morgan fingerprint density at radius 2 is 2.11 bits per heavy atom. The molecule has 1 rings (SSSR count). The summed E-state index contributed by atoms with van der Waals surface area (Å²) in [5, 5.41) is 8.59. The van der Waals surface area contributed by atoms with Crippen molar-refractivity contribution in [3.63, 3.8) is 0 Å². The maximum absolute atomic E-state index is 12.3. The van der Waals surface area contributed by atoms with E-state index in [-0.39, 0.29) is 13.2 Å². The van der Waals surface area contributed by atoms with E-state index in [1.807, 2.05) is 0 Å². The predicted molar refractivity (Wildman–Crippen MR) is 65.3 cm³/mol. The normalized spacial score (nSPS) is 12.7. The zero-order valence-electron chi connectivity index (χ0n) is 10.5. The lowest BCUT2D eigenvalue weighted by Gasteiger charge is -2.16. The van der Waals surface area contributed by atoms with E-state index in [0.717, 1.165) is 6.92 Å². The summed E-state index contributed by atoms with van der Waals surface area (Å²) in [6.07, 6.45) is -5.78. The first-order valence-corrected chi connectivity index (χ1v) is 5.80. The van der Waals surface area contributed by atoms with Gasteiger partial charge in [0.05, 0.1) is 13.2 Å². The van der Waals surface area contributed by atoms with Crippen molar-refractivity contribution in [1.82, 2.24) is 0 Å². The van der Waals surface area contributed by atoms with Crippen LogP contribution in [0.25, 0.3) is 0 Å². The average molecular weight is 272 g/mol. The maximum Gasteiger partial charge on any atom is 0.414 e. The van der Waals surface area contributed by atoms with E-state index >= 15 is 0 Å². The van der Waals surface area contributed by atoms with Crippen molar-refractivity contribution in [2.24, 2.45) is 0 Å². The highest BCUT2D eigenvalue weighted by Crippen LogP contribution is 2.23. The van der Waals surface area contributed by atoms with Crippen LogP contribution in [0.15, 0.2) is 24.3 Å². The molecule has 104 valence electrons. The lowest BCUT2D eigenvalue weighted by molar-refractivity contribution is -0.217. The van der Waals surface area contributed by atoms with E-state index < -0.39 is 12.3 Å². The second-order valence-corrected chi connectivity index (χ2v) is 3.97. The summed E-state index contributed by atoms with van der Waals surface area (Å²) >= 11 is 0. The van der Waals surface area contributed by atoms with Crippen LogP contribution in [0.2, 0.25) is 0 Å². The van der Waals surface area contributed by atoms with Crippen molar-refractivity contribution in [1.29, 1.82) is 0 Å². The fraction of sp³-hybridized carbons (Fsp3) is 0.429. The molecule has 0 aliphatic carbocycles. The summed E-state index contributed by atoms with van der Waals surface area (Å²) in [7, 11) is 0. The summed E-state index contributed by atoms with van der Waals surface area (Å²) in [4.78, 5) is 0. The molecule has 0 fully saturated rings. The van der Waals surface area contributed by atoms with Crippen LogP contribution in [0.1, 0.15) is 24.5 Å². The molecule has 2 nitrogen and oxygen atoms in total. The number of ether oxygens (including phenoxy) is 1. The minimum atomic E-state index is -4.35. The summed E-state index contributed by atoms with van der Waals surface area (Å²) in [5.74, 6) is 5.56. The van der Waals surface area contributed by atoms with Crippen molar-refractivity contribution in [2.45, 2.75) is 32.2 Å². The van der Waals surface area contributed by atoms with E-state index in [1.54, 1.807) is 24.3 Å². The average Bonchev–Trinajstić information content (AvgIpc) is 2.35. The van der Waals surface area contributed by atoms with Crippen LogP contribution in [-0.4, -0.2) is 24.0 Å². The van der Waals surface area contributed by atoms with Gasteiger partial charge in [-0.2, -0.15) is 13.2 Å². The number of hydrogen-bond donors (Lipinski definition) is 1. The topological polar surface area (TPSA) is 29.5 Å². The van der Waals surface area contributed by atoms with Gasteiger partial charge in [0.1, 0.15) is 0 Å². The summed E-state index contributed by atoms with van der Waals surface area (Å²) in [5.41, 5.74) is 1.32. The van der Waals surface area contributed by atoms with Gasteiger partial charge in [-0.15, -0.1) is 0 Å². The molecule has 0 heterocycles. The molecule has 0 amide bonds. The molecule has 1 atom stereocenters. The number of aliphatic hydroxyl groups is 1. The molecule has 0 aliphatic heterocycles. The first-order chi connectivity index (χ1) is 8.93. The van der Waals surface area contributed by atoms with Crippen LogP contribution < -0.4 is 0 Å². The molecule has 19 heavy (non-hydrogen) atoms. The molecule has 1 aromatic carbocycles. The van der Waals surface area contributed by atoms with Crippen molar-refractivity contribution in [3.8, 4) is 11.8 Å². The van der Waals surface area contributed by atoms with Gasteiger partial charge in [-0.1, -0.05) is 24.0 Å². The van der Waals surface area contributed by atoms with E-state index in [9.17, 15) is 13.2 Å². The predicted octanol–water partition coefficient (Wildman–Crippen LogP) is 2.89. The van der Waals surface area contributed by atoms with Crippen LogP contribution in [-0.2, 0) is 11.3 Å². The minimum absolute atomic E-state index is 0.0150. The van der Waals surface area contributed by atoms with Crippen LogP contribution >= 0.6 is 0 Å². The van der Waals surface area contributed by atoms with Gasteiger partial charge in [-0.3, -0.25) is 0 Å². The third kappa shape index (κ3) is 5.77. The van der Waals surface area contributed by atoms with Crippen LogP contribution in [0.5, 0.6) is 0 Å². The van der Waals surface area contributed by atoms with Crippen LogP contribution in [0.4, 0.5) is 13.2 Å². The van der Waals surface area contributed by atoms with Crippen molar-refractivity contribution in [2.75, 3.05) is 6.61 Å². The number of halogens is 3. The molecule has 0 saturated heterocycles. The van der Waals surface area contributed by atoms with Gasteiger partial charge in [0.25, 0.3) is 0 Å².